The summed E-state index contributed by atoms with van der Waals surface area (Å²) < 4.78 is 6.88. The molecule has 1 amide bonds. The number of amides is 1. The SMILES string of the molecule is CCOc1cc(C)c(-n2cnc(N)c(C(=O)Nc3cncc([C@@H](C)N)c3)c2=O)c(C)c1. The van der Waals surface area contributed by atoms with Crippen molar-refractivity contribution in [1.29, 1.82) is 0 Å². The molecule has 0 fully saturated rings. The summed E-state index contributed by atoms with van der Waals surface area (Å²) in [5.41, 5.74) is 14.3. The molecule has 5 N–H and O–H groups in total. The van der Waals surface area contributed by atoms with Crippen molar-refractivity contribution in [3.8, 4) is 11.4 Å². The highest BCUT2D eigenvalue weighted by atomic mass is 16.5. The van der Waals surface area contributed by atoms with E-state index in [0.717, 1.165) is 16.7 Å². The van der Waals surface area contributed by atoms with Gasteiger partial charge in [0.25, 0.3) is 11.5 Å². The lowest BCUT2D eigenvalue weighted by Crippen LogP contribution is -2.31. The second-order valence-corrected chi connectivity index (χ2v) is 7.27. The molecule has 1 atom stereocenters. The van der Waals surface area contributed by atoms with Crippen molar-refractivity contribution in [2.45, 2.75) is 33.7 Å². The number of nitrogens with two attached hydrogens (primary N) is 2. The molecular weight excluding hydrogens is 396 g/mol. The van der Waals surface area contributed by atoms with Gasteiger partial charge in [0.05, 0.1) is 24.2 Å². The number of aryl methyl sites for hydroxylation is 2. The number of hydrogen-bond donors (Lipinski definition) is 3. The number of anilines is 2. The van der Waals surface area contributed by atoms with E-state index in [1.165, 1.54) is 17.1 Å². The maximum atomic E-state index is 13.2. The van der Waals surface area contributed by atoms with Crippen molar-refractivity contribution in [3.05, 3.63) is 69.5 Å². The van der Waals surface area contributed by atoms with Gasteiger partial charge in [-0.2, -0.15) is 0 Å². The molecule has 2 heterocycles. The van der Waals surface area contributed by atoms with Gasteiger partial charge in [0.15, 0.2) is 0 Å². The minimum absolute atomic E-state index is 0.156. The summed E-state index contributed by atoms with van der Waals surface area (Å²) in [7, 11) is 0. The molecule has 3 aromatic rings. The molecule has 0 unspecified atom stereocenters. The first-order chi connectivity index (χ1) is 14.7. The topological polar surface area (TPSA) is 138 Å². The predicted molar refractivity (Wildman–Crippen MR) is 120 cm³/mol. The molecule has 3 rings (SSSR count). The number of carbonyl (C=O) groups is 1. The average molecular weight is 422 g/mol. The Balaban J connectivity index is 2.03. The Labute approximate surface area is 180 Å². The fourth-order valence-electron chi connectivity index (χ4n) is 3.35. The summed E-state index contributed by atoms with van der Waals surface area (Å²) in [6.45, 7) is 7.96. The van der Waals surface area contributed by atoms with Crippen LogP contribution in [0.2, 0.25) is 0 Å². The summed E-state index contributed by atoms with van der Waals surface area (Å²) in [6.07, 6.45) is 4.40. The maximum Gasteiger partial charge on any atom is 0.272 e. The molecule has 0 aliphatic rings. The number of benzene rings is 1. The molecule has 31 heavy (non-hydrogen) atoms. The molecule has 0 saturated heterocycles. The zero-order valence-electron chi connectivity index (χ0n) is 18.0. The van der Waals surface area contributed by atoms with E-state index < -0.39 is 11.5 Å². The van der Waals surface area contributed by atoms with Gasteiger partial charge in [-0.3, -0.25) is 19.1 Å². The lowest BCUT2D eigenvalue weighted by molar-refractivity contribution is 0.102. The molecule has 1 aromatic carbocycles. The Morgan fingerprint density at radius 1 is 1.23 bits per heavy atom. The number of nitrogens with zero attached hydrogens (tertiary/aromatic N) is 3. The Hall–Kier alpha value is -3.72. The Morgan fingerprint density at radius 2 is 1.90 bits per heavy atom. The zero-order valence-corrected chi connectivity index (χ0v) is 18.0. The first-order valence-corrected chi connectivity index (χ1v) is 9.86. The van der Waals surface area contributed by atoms with E-state index in [9.17, 15) is 9.59 Å². The van der Waals surface area contributed by atoms with Crippen LogP contribution in [0.25, 0.3) is 5.69 Å². The van der Waals surface area contributed by atoms with Crippen molar-refractivity contribution in [2.24, 2.45) is 5.73 Å². The molecule has 162 valence electrons. The van der Waals surface area contributed by atoms with Crippen LogP contribution in [0.15, 0.2) is 41.7 Å². The van der Waals surface area contributed by atoms with Gasteiger partial charge in [-0.15, -0.1) is 0 Å². The molecule has 9 nitrogen and oxygen atoms in total. The normalized spacial score (nSPS) is 11.8. The number of carbonyl (C=O) groups excluding carboxylic acids is 1. The van der Waals surface area contributed by atoms with Crippen molar-refractivity contribution in [1.82, 2.24) is 14.5 Å². The van der Waals surface area contributed by atoms with E-state index in [-0.39, 0.29) is 17.4 Å². The monoisotopic (exact) mass is 422 g/mol. The van der Waals surface area contributed by atoms with Crippen LogP contribution < -0.4 is 27.1 Å². The summed E-state index contributed by atoms with van der Waals surface area (Å²) in [6, 6.07) is 5.11. The largest absolute Gasteiger partial charge is 0.494 e. The van der Waals surface area contributed by atoms with Gasteiger partial charge in [0.1, 0.15) is 23.5 Å². The van der Waals surface area contributed by atoms with Gasteiger partial charge in [0.2, 0.25) is 0 Å². The number of nitrogen functional groups attached to an aromatic ring is 1. The van der Waals surface area contributed by atoms with Crippen LogP contribution >= 0.6 is 0 Å². The summed E-state index contributed by atoms with van der Waals surface area (Å²) >= 11 is 0. The highest BCUT2D eigenvalue weighted by Gasteiger charge is 2.21. The standard InChI is InChI=1S/C22H26N6O3/c1-5-31-17-6-12(2)19(13(3)7-17)28-11-26-20(24)18(22(28)30)21(29)27-16-8-15(14(4)23)9-25-10-16/h6-11,14H,5,23-24H2,1-4H3,(H,27,29)/t14-/m1/s1. The van der Waals surface area contributed by atoms with E-state index >= 15 is 0 Å². The number of hydrogen-bond acceptors (Lipinski definition) is 7. The highest BCUT2D eigenvalue weighted by molar-refractivity contribution is 6.06. The Morgan fingerprint density at radius 3 is 2.52 bits per heavy atom. The molecular formula is C22H26N6O3. The Kier molecular flexibility index (Phi) is 6.36. The van der Waals surface area contributed by atoms with Gasteiger partial charge in [0, 0.05) is 12.2 Å². The smallest absolute Gasteiger partial charge is 0.272 e. The van der Waals surface area contributed by atoms with Crippen LogP contribution in [0.1, 0.15) is 46.9 Å². The lowest BCUT2D eigenvalue weighted by Gasteiger charge is -2.16. The van der Waals surface area contributed by atoms with Gasteiger partial charge in [-0.1, -0.05) is 0 Å². The molecule has 9 heteroatoms. The average Bonchev–Trinajstić information content (AvgIpc) is 2.69. The van der Waals surface area contributed by atoms with Crippen molar-refractivity contribution in [3.63, 3.8) is 0 Å². The van der Waals surface area contributed by atoms with Crippen LogP contribution in [0.3, 0.4) is 0 Å². The lowest BCUT2D eigenvalue weighted by atomic mass is 10.1. The van der Waals surface area contributed by atoms with Crippen molar-refractivity contribution < 1.29 is 9.53 Å². The third kappa shape index (κ3) is 4.56. The van der Waals surface area contributed by atoms with Crippen LogP contribution in [-0.4, -0.2) is 27.0 Å². The first-order valence-electron chi connectivity index (χ1n) is 9.86. The van der Waals surface area contributed by atoms with Gasteiger partial charge < -0.3 is 21.5 Å². The first kappa shape index (κ1) is 22.0. The summed E-state index contributed by atoms with van der Waals surface area (Å²) in [4.78, 5) is 34.3. The second-order valence-electron chi connectivity index (χ2n) is 7.27. The van der Waals surface area contributed by atoms with Crippen LogP contribution in [0, 0.1) is 13.8 Å². The predicted octanol–water partition coefficient (Wildman–Crippen LogP) is 2.50. The molecule has 0 spiro atoms. The number of pyridine rings is 1. The zero-order chi connectivity index (χ0) is 22.7. The van der Waals surface area contributed by atoms with E-state index in [4.69, 9.17) is 16.2 Å². The highest BCUT2D eigenvalue weighted by Crippen LogP contribution is 2.25. The van der Waals surface area contributed by atoms with Crippen molar-refractivity contribution >= 4 is 17.4 Å². The third-order valence-corrected chi connectivity index (χ3v) is 4.79. The second kappa shape index (κ2) is 8.97. The molecule has 0 bridgehead atoms. The molecule has 0 aliphatic carbocycles. The van der Waals surface area contributed by atoms with E-state index in [1.54, 1.807) is 12.3 Å². The minimum atomic E-state index is -0.672. The van der Waals surface area contributed by atoms with Crippen LogP contribution in [0.5, 0.6) is 5.75 Å². The number of ether oxygens (including phenoxy) is 1. The number of rotatable bonds is 6. The van der Waals surface area contributed by atoms with Crippen LogP contribution in [-0.2, 0) is 0 Å². The van der Waals surface area contributed by atoms with Gasteiger partial charge in [-0.25, -0.2) is 4.98 Å². The van der Waals surface area contributed by atoms with E-state index in [1.807, 2.05) is 39.8 Å². The minimum Gasteiger partial charge on any atom is -0.494 e. The maximum absolute atomic E-state index is 13.2. The van der Waals surface area contributed by atoms with Gasteiger partial charge >= 0.3 is 0 Å². The quantitative estimate of drug-likeness (QED) is 0.555. The Bertz CT molecular complexity index is 1160. The molecule has 2 aromatic heterocycles. The fraction of sp³-hybridized carbons (Fsp3) is 0.273. The van der Waals surface area contributed by atoms with Gasteiger partial charge in [-0.05, 0) is 62.6 Å². The van der Waals surface area contributed by atoms with E-state index in [0.29, 0.717) is 23.7 Å². The fourth-order valence-corrected chi connectivity index (χ4v) is 3.35. The van der Waals surface area contributed by atoms with E-state index in [2.05, 4.69) is 15.3 Å². The molecule has 0 aliphatic heterocycles. The third-order valence-electron chi connectivity index (χ3n) is 4.79. The van der Waals surface area contributed by atoms with Crippen LogP contribution in [0.4, 0.5) is 11.5 Å². The molecule has 0 saturated carbocycles. The summed E-state index contributed by atoms with van der Waals surface area (Å²) in [5.74, 6) is -0.123. The molecule has 0 radical (unpaired) electrons. The van der Waals surface area contributed by atoms with Crippen molar-refractivity contribution in [2.75, 3.05) is 17.7 Å². The number of aromatic nitrogens is 3. The number of nitrogens with one attached hydrogen (secondary N) is 1. The summed E-state index contributed by atoms with van der Waals surface area (Å²) in [5, 5.41) is 2.66.